The van der Waals surface area contributed by atoms with Crippen LogP contribution >= 0.6 is 0 Å². The fourth-order valence-electron chi connectivity index (χ4n) is 2.04. The van der Waals surface area contributed by atoms with Gasteiger partial charge < -0.3 is 10.2 Å². The Morgan fingerprint density at radius 1 is 0.857 bits per heavy atom. The molecular weight excluding hydrogens is 279 g/mol. The fraction of sp³-hybridized carbons (Fsp3) is 0. The topological polar surface area (TPSA) is 100 Å². The lowest BCUT2D eigenvalue weighted by molar-refractivity contribution is 0.0680. The van der Waals surface area contributed by atoms with Crippen LogP contribution in [0.1, 0.15) is 21.0 Å². The summed E-state index contributed by atoms with van der Waals surface area (Å²) in [5.74, 6) is -3.39. The second-order valence-electron chi connectivity index (χ2n) is 4.34. The van der Waals surface area contributed by atoms with Gasteiger partial charge in [0.2, 0.25) is 0 Å². The van der Waals surface area contributed by atoms with Crippen LogP contribution in [0, 0.1) is 5.82 Å². The standard InChI is InChI=1S/C14H7FN2O4/c15-10-11-6(1-3-8(16-11)13(18)19)5-7-2-4-9(14(20)21)17-12(7)10/h1-5H,(H,18,19)(H,20,21). The molecule has 6 nitrogen and oxygen atoms in total. The first-order chi connectivity index (χ1) is 9.97. The van der Waals surface area contributed by atoms with Crippen molar-refractivity contribution in [3.63, 3.8) is 0 Å². The van der Waals surface area contributed by atoms with Crippen molar-refractivity contribution in [1.29, 1.82) is 0 Å². The van der Waals surface area contributed by atoms with Crippen LogP contribution in [0.25, 0.3) is 21.8 Å². The zero-order valence-electron chi connectivity index (χ0n) is 10.4. The van der Waals surface area contributed by atoms with Crippen molar-refractivity contribution in [2.75, 3.05) is 0 Å². The molecule has 0 aliphatic rings. The molecule has 0 aliphatic heterocycles. The molecule has 0 bridgehead atoms. The molecular formula is C14H7FN2O4. The maximum absolute atomic E-state index is 14.4. The first-order valence-electron chi connectivity index (χ1n) is 5.84. The number of aromatic carboxylic acids is 2. The van der Waals surface area contributed by atoms with Crippen LogP contribution in [-0.2, 0) is 0 Å². The van der Waals surface area contributed by atoms with Crippen molar-refractivity contribution >= 4 is 33.7 Å². The largest absolute Gasteiger partial charge is 0.477 e. The van der Waals surface area contributed by atoms with Crippen LogP contribution in [0.3, 0.4) is 0 Å². The lowest BCUT2D eigenvalue weighted by Crippen LogP contribution is -2.03. The van der Waals surface area contributed by atoms with E-state index in [4.69, 9.17) is 10.2 Å². The number of benzene rings is 1. The van der Waals surface area contributed by atoms with Gasteiger partial charge in [-0.2, -0.15) is 0 Å². The minimum absolute atomic E-state index is 0.155. The number of halogens is 1. The van der Waals surface area contributed by atoms with Gasteiger partial charge in [0, 0.05) is 10.8 Å². The molecule has 3 aromatic rings. The minimum atomic E-state index is -1.27. The predicted molar refractivity (Wildman–Crippen MR) is 70.9 cm³/mol. The number of aromatic nitrogens is 2. The highest BCUT2D eigenvalue weighted by molar-refractivity contribution is 5.99. The van der Waals surface area contributed by atoms with Gasteiger partial charge in [0.25, 0.3) is 0 Å². The zero-order chi connectivity index (χ0) is 15.1. The van der Waals surface area contributed by atoms with E-state index in [2.05, 4.69) is 9.97 Å². The number of rotatable bonds is 2. The number of carboxylic acids is 2. The Hall–Kier alpha value is -3.09. The van der Waals surface area contributed by atoms with E-state index in [1.807, 2.05) is 0 Å². The summed E-state index contributed by atoms with van der Waals surface area (Å²) in [4.78, 5) is 29.2. The van der Waals surface area contributed by atoms with Crippen LogP contribution in [0.2, 0.25) is 0 Å². The summed E-state index contributed by atoms with van der Waals surface area (Å²) < 4.78 is 14.4. The van der Waals surface area contributed by atoms with Crippen LogP contribution in [0.5, 0.6) is 0 Å². The molecule has 7 heteroatoms. The molecule has 2 N–H and O–H groups in total. The molecule has 0 fully saturated rings. The van der Waals surface area contributed by atoms with Crippen molar-refractivity contribution < 1.29 is 24.2 Å². The number of carboxylic acid groups (broad SMARTS) is 2. The molecule has 104 valence electrons. The monoisotopic (exact) mass is 286 g/mol. The van der Waals surface area contributed by atoms with Crippen molar-refractivity contribution in [2.45, 2.75) is 0 Å². The normalized spacial score (nSPS) is 10.9. The van der Waals surface area contributed by atoms with E-state index in [0.717, 1.165) is 0 Å². The highest BCUT2D eigenvalue weighted by Gasteiger charge is 2.15. The van der Waals surface area contributed by atoms with E-state index in [0.29, 0.717) is 10.8 Å². The Morgan fingerprint density at radius 3 is 1.67 bits per heavy atom. The van der Waals surface area contributed by atoms with Gasteiger partial charge in [0.05, 0.1) is 0 Å². The van der Waals surface area contributed by atoms with Gasteiger partial charge in [-0.05, 0) is 18.2 Å². The number of hydrogen-bond acceptors (Lipinski definition) is 4. The maximum Gasteiger partial charge on any atom is 0.354 e. The van der Waals surface area contributed by atoms with E-state index < -0.39 is 17.8 Å². The summed E-state index contributed by atoms with van der Waals surface area (Å²) in [5.41, 5.74) is -0.903. The highest BCUT2D eigenvalue weighted by atomic mass is 19.1. The van der Waals surface area contributed by atoms with Crippen molar-refractivity contribution in [1.82, 2.24) is 9.97 Å². The molecule has 3 rings (SSSR count). The summed E-state index contributed by atoms with van der Waals surface area (Å²) in [6.45, 7) is 0. The minimum Gasteiger partial charge on any atom is -0.477 e. The molecule has 0 amide bonds. The molecule has 2 aromatic heterocycles. The van der Waals surface area contributed by atoms with E-state index in [9.17, 15) is 14.0 Å². The lowest BCUT2D eigenvalue weighted by atomic mass is 10.1. The molecule has 2 heterocycles. The van der Waals surface area contributed by atoms with Crippen LogP contribution < -0.4 is 0 Å². The highest BCUT2D eigenvalue weighted by Crippen LogP contribution is 2.25. The van der Waals surface area contributed by atoms with Gasteiger partial charge in [0.1, 0.15) is 22.4 Å². The van der Waals surface area contributed by atoms with Gasteiger partial charge in [-0.15, -0.1) is 0 Å². The number of nitrogens with zero attached hydrogens (tertiary/aromatic N) is 2. The van der Waals surface area contributed by atoms with Crippen LogP contribution in [0.4, 0.5) is 4.39 Å². The average Bonchev–Trinajstić information content (AvgIpc) is 2.46. The zero-order valence-corrected chi connectivity index (χ0v) is 10.4. The average molecular weight is 286 g/mol. The van der Waals surface area contributed by atoms with Gasteiger partial charge in [-0.3, -0.25) is 0 Å². The van der Waals surface area contributed by atoms with Gasteiger partial charge >= 0.3 is 11.9 Å². The molecule has 0 aliphatic carbocycles. The fourth-order valence-corrected chi connectivity index (χ4v) is 2.04. The smallest absolute Gasteiger partial charge is 0.354 e. The third kappa shape index (κ3) is 2.04. The summed E-state index contributed by atoms with van der Waals surface area (Å²) in [5, 5.41) is 18.6. The Morgan fingerprint density at radius 2 is 1.29 bits per heavy atom. The third-order valence-corrected chi connectivity index (χ3v) is 3.02. The first-order valence-corrected chi connectivity index (χ1v) is 5.84. The summed E-state index contributed by atoms with van der Waals surface area (Å²) in [7, 11) is 0. The van der Waals surface area contributed by atoms with Crippen LogP contribution in [-0.4, -0.2) is 32.1 Å². The quantitative estimate of drug-likeness (QED) is 0.701. The maximum atomic E-state index is 14.4. The SMILES string of the molecule is O=C(O)c1ccc2cc3ccc(C(=O)O)nc3c(F)c2n1. The summed E-state index contributed by atoms with van der Waals surface area (Å²) in [6.07, 6.45) is 0. The van der Waals surface area contributed by atoms with Crippen molar-refractivity contribution in [2.24, 2.45) is 0 Å². The molecule has 1 aromatic carbocycles. The Bertz CT molecular complexity index is 852. The van der Waals surface area contributed by atoms with Crippen molar-refractivity contribution in [3.8, 4) is 0 Å². The van der Waals surface area contributed by atoms with E-state index in [1.165, 1.54) is 24.3 Å². The second-order valence-corrected chi connectivity index (χ2v) is 4.34. The second kappa shape index (κ2) is 4.48. The summed E-state index contributed by atoms with van der Waals surface area (Å²) >= 11 is 0. The number of fused-ring (bicyclic) bond motifs is 2. The molecule has 0 spiro atoms. The third-order valence-electron chi connectivity index (χ3n) is 3.02. The van der Waals surface area contributed by atoms with Gasteiger partial charge in [-0.25, -0.2) is 23.9 Å². The molecule has 0 atom stereocenters. The molecule has 0 saturated carbocycles. The van der Waals surface area contributed by atoms with E-state index in [-0.39, 0.29) is 22.4 Å². The van der Waals surface area contributed by atoms with Gasteiger partial charge in [0.15, 0.2) is 5.82 Å². The molecule has 0 radical (unpaired) electrons. The Balaban J connectivity index is 2.39. The lowest BCUT2D eigenvalue weighted by Gasteiger charge is -2.05. The van der Waals surface area contributed by atoms with E-state index in [1.54, 1.807) is 6.07 Å². The Kier molecular flexibility index (Phi) is 2.76. The number of carbonyl (C=O) groups is 2. The van der Waals surface area contributed by atoms with Crippen molar-refractivity contribution in [3.05, 3.63) is 47.5 Å². The van der Waals surface area contributed by atoms with Gasteiger partial charge in [-0.1, -0.05) is 12.1 Å². The van der Waals surface area contributed by atoms with E-state index >= 15 is 0 Å². The first kappa shape index (κ1) is 12.9. The predicted octanol–water partition coefficient (Wildman–Crippen LogP) is 2.32. The number of hydrogen-bond donors (Lipinski definition) is 2. The molecule has 0 unspecified atom stereocenters. The Labute approximate surface area is 116 Å². The summed E-state index contributed by atoms with van der Waals surface area (Å²) in [6, 6.07) is 7.01. The number of pyridine rings is 2. The molecule has 21 heavy (non-hydrogen) atoms. The molecule has 0 saturated heterocycles. The van der Waals surface area contributed by atoms with Crippen LogP contribution in [0.15, 0.2) is 30.3 Å².